The molecule has 0 aliphatic heterocycles. The van der Waals surface area contributed by atoms with Crippen molar-refractivity contribution >= 4 is 5.69 Å². The van der Waals surface area contributed by atoms with Gasteiger partial charge in [-0.15, -0.1) is 0 Å². The first-order valence-corrected chi connectivity index (χ1v) is 4.77. The van der Waals surface area contributed by atoms with E-state index in [-0.39, 0.29) is 5.82 Å². The highest BCUT2D eigenvalue weighted by molar-refractivity contribution is 5.52. The van der Waals surface area contributed by atoms with E-state index in [0.717, 1.165) is 24.3 Å². The summed E-state index contributed by atoms with van der Waals surface area (Å²) in [5.41, 5.74) is 2.06. The van der Waals surface area contributed by atoms with Crippen LogP contribution in [0.25, 0.3) is 0 Å². The Labute approximate surface area is 84.7 Å². The summed E-state index contributed by atoms with van der Waals surface area (Å²) in [6.07, 6.45) is 0. The minimum absolute atomic E-state index is 0.179. The van der Waals surface area contributed by atoms with Gasteiger partial charge in [0.05, 0.1) is 0 Å². The standard InChI is InChI=1S/C11H17FN2/c1-9-4-5-10(12)8-11(9)14(3)7-6-13-2/h4-5,8,13H,6-7H2,1-3H3. The van der Waals surface area contributed by atoms with E-state index in [4.69, 9.17) is 0 Å². The Bertz CT molecular complexity index is 299. The van der Waals surface area contributed by atoms with Gasteiger partial charge in [-0.2, -0.15) is 0 Å². The van der Waals surface area contributed by atoms with Crippen molar-refractivity contribution < 1.29 is 4.39 Å². The monoisotopic (exact) mass is 196 g/mol. The number of nitrogens with zero attached hydrogens (tertiary/aromatic N) is 1. The minimum atomic E-state index is -0.179. The van der Waals surface area contributed by atoms with E-state index in [0.29, 0.717) is 0 Å². The van der Waals surface area contributed by atoms with E-state index in [9.17, 15) is 4.39 Å². The maximum atomic E-state index is 13.0. The largest absolute Gasteiger partial charge is 0.373 e. The summed E-state index contributed by atoms with van der Waals surface area (Å²) in [7, 11) is 3.88. The van der Waals surface area contributed by atoms with Gasteiger partial charge >= 0.3 is 0 Å². The lowest BCUT2D eigenvalue weighted by Gasteiger charge is -2.21. The van der Waals surface area contributed by atoms with E-state index < -0.39 is 0 Å². The molecule has 0 heterocycles. The van der Waals surface area contributed by atoms with Gasteiger partial charge in [-0.3, -0.25) is 0 Å². The molecule has 0 spiro atoms. The number of rotatable bonds is 4. The van der Waals surface area contributed by atoms with Crippen molar-refractivity contribution in [2.75, 3.05) is 32.1 Å². The van der Waals surface area contributed by atoms with Gasteiger partial charge in [0.2, 0.25) is 0 Å². The number of halogens is 1. The van der Waals surface area contributed by atoms with Gasteiger partial charge in [0.15, 0.2) is 0 Å². The van der Waals surface area contributed by atoms with Crippen LogP contribution in [0.3, 0.4) is 0 Å². The van der Waals surface area contributed by atoms with Gasteiger partial charge in [-0.25, -0.2) is 4.39 Å². The Balaban J connectivity index is 2.77. The fourth-order valence-electron chi connectivity index (χ4n) is 1.39. The molecule has 0 unspecified atom stereocenters. The fourth-order valence-corrected chi connectivity index (χ4v) is 1.39. The number of aryl methyl sites for hydroxylation is 1. The lowest BCUT2D eigenvalue weighted by Crippen LogP contribution is -2.27. The molecule has 0 amide bonds. The number of benzene rings is 1. The highest BCUT2D eigenvalue weighted by atomic mass is 19.1. The van der Waals surface area contributed by atoms with Crippen LogP contribution in [0.15, 0.2) is 18.2 Å². The summed E-state index contributed by atoms with van der Waals surface area (Å²) >= 11 is 0. The third kappa shape index (κ3) is 2.70. The molecular weight excluding hydrogens is 179 g/mol. The van der Waals surface area contributed by atoms with Crippen molar-refractivity contribution in [1.82, 2.24) is 5.32 Å². The van der Waals surface area contributed by atoms with Crippen molar-refractivity contribution in [3.63, 3.8) is 0 Å². The molecule has 0 aliphatic rings. The van der Waals surface area contributed by atoms with Crippen LogP contribution in [-0.2, 0) is 0 Å². The van der Waals surface area contributed by atoms with Crippen molar-refractivity contribution in [1.29, 1.82) is 0 Å². The Kier molecular flexibility index (Phi) is 3.89. The highest BCUT2D eigenvalue weighted by Gasteiger charge is 2.04. The molecule has 1 aromatic carbocycles. The van der Waals surface area contributed by atoms with Crippen LogP contribution >= 0.6 is 0 Å². The molecule has 0 aliphatic carbocycles. The van der Waals surface area contributed by atoms with Gasteiger partial charge in [-0.05, 0) is 31.7 Å². The zero-order chi connectivity index (χ0) is 10.6. The minimum Gasteiger partial charge on any atom is -0.373 e. The normalized spacial score (nSPS) is 10.3. The van der Waals surface area contributed by atoms with Crippen LogP contribution in [0, 0.1) is 12.7 Å². The summed E-state index contributed by atoms with van der Waals surface area (Å²) in [6, 6.07) is 4.87. The average Bonchev–Trinajstić information content (AvgIpc) is 2.18. The smallest absolute Gasteiger partial charge is 0.125 e. The molecule has 78 valence electrons. The lowest BCUT2D eigenvalue weighted by molar-refractivity contribution is 0.626. The molecule has 2 nitrogen and oxygen atoms in total. The molecule has 0 bridgehead atoms. The SMILES string of the molecule is CNCCN(C)c1cc(F)ccc1C. The number of hydrogen-bond donors (Lipinski definition) is 1. The van der Waals surface area contributed by atoms with Crippen molar-refractivity contribution in [3.8, 4) is 0 Å². The number of likely N-dealkylation sites (N-methyl/N-ethyl adjacent to an activating group) is 2. The average molecular weight is 196 g/mol. The Hall–Kier alpha value is -1.09. The van der Waals surface area contributed by atoms with Gasteiger partial charge in [-0.1, -0.05) is 6.07 Å². The first-order valence-electron chi connectivity index (χ1n) is 4.77. The molecule has 0 saturated carbocycles. The molecule has 3 heteroatoms. The van der Waals surface area contributed by atoms with Crippen LogP contribution < -0.4 is 10.2 Å². The predicted molar refractivity (Wildman–Crippen MR) is 58.3 cm³/mol. The fraction of sp³-hybridized carbons (Fsp3) is 0.455. The summed E-state index contributed by atoms with van der Waals surface area (Å²) in [6.45, 7) is 3.76. The molecule has 0 aromatic heterocycles. The Morgan fingerprint density at radius 3 is 2.79 bits per heavy atom. The maximum Gasteiger partial charge on any atom is 0.125 e. The highest BCUT2D eigenvalue weighted by Crippen LogP contribution is 2.19. The lowest BCUT2D eigenvalue weighted by atomic mass is 10.2. The predicted octanol–water partition coefficient (Wildman–Crippen LogP) is 1.79. The second-order valence-corrected chi connectivity index (χ2v) is 3.46. The van der Waals surface area contributed by atoms with Crippen LogP contribution in [0.5, 0.6) is 0 Å². The summed E-state index contributed by atoms with van der Waals surface area (Å²) in [5, 5.41) is 3.07. The van der Waals surface area contributed by atoms with Gasteiger partial charge in [0.1, 0.15) is 5.82 Å². The van der Waals surface area contributed by atoms with Crippen molar-refractivity contribution in [2.24, 2.45) is 0 Å². The third-order valence-electron chi connectivity index (χ3n) is 2.28. The molecule has 1 N–H and O–H groups in total. The van der Waals surface area contributed by atoms with E-state index >= 15 is 0 Å². The number of nitrogens with one attached hydrogen (secondary N) is 1. The summed E-state index contributed by atoms with van der Waals surface area (Å²) < 4.78 is 13.0. The summed E-state index contributed by atoms with van der Waals surface area (Å²) in [4.78, 5) is 2.05. The number of hydrogen-bond acceptors (Lipinski definition) is 2. The molecule has 0 fully saturated rings. The van der Waals surface area contributed by atoms with Crippen LogP contribution in [0.4, 0.5) is 10.1 Å². The second kappa shape index (κ2) is 4.96. The Morgan fingerprint density at radius 1 is 1.43 bits per heavy atom. The zero-order valence-corrected chi connectivity index (χ0v) is 8.97. The molecule has 1 rings (SSSR count). The molecule has 0 radical (unpaired) electrons. The summed E-state index contributed by atoms with van der Waals surface area (Å²) in [5.74, 6) is -0.179. The van der Waals surface area contributed by atoms with E-state index in [1.165, 1.54) is 6.07 Å². The molecule has 0 atom stereocenters. The second-order valence-electron chi connectivity index (χ2n) is 3.46. The topological polar surface area (TPSA) is 15.3 Å². The third-order valence-corrected chi connectivity index (χ3v) is 2.28. The Morgan fingerprint density at radius 2 is 2.14 bits per heavy atom. The first-order chi connectivity index (χ1) is 6.65. The molecular formula is C11H17FN2. The van der Waals surface area contributed by atoms with Crippen LogP contribution in [0.2, 0.25) is 0 Å². The quantitative estimate of drug-likeness (QED) is 0.789. The van der Waals surface area contributed by atoms with Crippen molar-refractivity contribution in [3.05, 3.63) is 29.6 Å². The molecule has 1 aromatic rings. The van der Waals surface area contributed by atoms with Gasteiger partial charge < -0.3 is 10.2 Å². The van der Waals surface area contributed by atoms with Gasteiger partial charge in [0, 0.05) is 25.8 Å². The van der Waals surface area contributed by atoms with Crippen LogP contribution in [0.1, 0.15) is 5.56 Å². The van der Waals surface area contributed by atoms with Crippen molar-refractivity contribution in [2.45, 2.75) is 6.92 Å². The maximum absolute atomic E-state index is 13.0. The van der Waals surface area contributed by atoms with E-state index in [1.54, 1.807) is 12.1 Å². The number of anilines is 1. The first kappa shape index (κ1) is 11.0. The van der Waals surface area contributed by atoms with E-state index in [2.05, 4.69) is 10.2 Å². The zero-order valence-electron chi connectivity index (χ0n) is 8.97. The van der Waals surface area contributed by atoms with Gasteiger partial charge in [0.25, 0.3) is 0 Å². The van der Waals surface area contributed by atoms with E-state index in [1.807, 2.05) is 21.0 Å². The molecule has 0 saturated heterocycles. The molecule has 14 heavy (non-hydrogen) atoms. The van der Waals surface area contributed by atoms with Crippen LogP contribution in [-0.4, -0.2) is 27.2 Å².